The SMILES string of the molecule is C[C@H]1CN(C(=O)O)c2cc(-c3ccc(NS(C)(=O)=O)cc3)ccc2N1C(=O)CC1CC(F)(F)C1. The molecule has 182 valence electrons. The van der Waals surface area contributed by atoms with Crippen molar-refractivity contribution in [2.24, 2.45) is 5.92 Å². The summed E-state index contributed by atoms with van der Waals surface area (Å²) >= 11 is 0. The van der Waals surface area contributed by atoms with Crippen LogP contribution in [0.3, 0.4) is 0 Å². The van der Waals surface area contributed by atoms with Gasteiger partial charge in [-0.2, -0.15) is 0 Å². The largest absolute Gasteiger partial charge is 0.465 e. The van der Waals surface area contributed by atoms with Crippen LogP contribution in [-0.4, -0.2) is 50.3 Å². The molecule has 2 aliphatic rings. The van der Waals surface area contributed by atoms with Gasteiger partial charge in [-0.3, -0.25) is 14.4 Å². The average molecular weight is 494 g/mol. The van der Waals surface area contributed by atoms with Crippen molar-refractivity contribution in [3.8, 4) is 11.1 Å². The lowest BCUT2D eigenvalue weighted by molar-refractivity contribution is -0.132. The maximum atomic E-state index is 13.2. The molecule has 34 heavy (non-hydrogen) atoms. The van der Waals surface area contributed by atoms with Gasteiger partial charge in [-0.1, -0.05) is 18.2 Å². The Morgan fingerprint density at radius 1 is 1.09 bits per heavy atom. The normalized spacial score (nSPS) is 19.8. The van der Waals surface area contributed by atoms with E-state index in [1.165, 1.54) is 9.80 Å². The summed E-state index contributed by atoms with van der Waals surface area (Å²) in [6.45, 7) is 1.78. The number of benzene rings is 2. The van der Waals surface area contributed by atoms with Crippen LogP contribution in [0.2, 0.25) is 0 Å². The third kappa shape index (κ3) is 4.98. The highest BCUT2D eigenvalue weighted by Crippen LogP contribution is 2.45. The maximum absolute atomic E-state index is 13.2. The summed E-state index contributed by atoms with van der Waals surface area (Å²) in [5, 5.41) is 9.76. The standard InChI is InChI=1S/C23H25F2N3O5S/c1-14-13-27(22(30)31)20-10-17(16-3-6-18(7-4-16)26-34(2,32)33)5-8-19(20)28(14)21(29)9-15-11-23(24,25)12-15/h3-8,10,14-15,26H,9,11-13H2,1-2H3,(H,30,31)/t14-/m0/s1. The van der Waals surface area contributed by atoms with Crippen LogP contribution in [0.25, 0.3) is 11.1 Å². The number of hydrogen-bond donors (Lipinski definition) is 2. The second-order valence-electron chi connectivity index (χ2n) is 9.00. The van der Waals surface area contributed by atoms with E-state index in [0.29, 0.717) is 22.6 Å². The Morgan fingerprint density at radius 3 is 2.26 bits per heavy atom. The van der Waals surface area contributed by atoms with Crippen LogP contribution in [0.4, 0.5) is 30.6 Å². The van der Waals surface area contributed by atoms with E-state index in [4.69, 9.17) is 0 Å². The number of nitrogens with one attached hydrogen (secondary N) is 1. The predicted octanol–water partition coefficient (Wildman–Crippen LogP) is 4.38. The van der Waals surface area contributed by atoms with E-state index >= 15 is 0 Å². The van der Waals surface area contributed by atoms with Crippen molar-refractivity contribution in [1.29, 1.82) is 0 Å². The minimum atomic E-state index is -3.42. The van der Waals surface area contributed by atoms with Crippen LogP contribution in [0.5, 0.6) is 0 Å². The molecule has 0 aromatic heterocycles. The van der Waals surface area contributed by atoms with Crippen molar-refractivity contribution >= 4 is 39.1 Å². The molecule has 1 aliphatic carbocycles. The van der Waals surface area contributed by atoms with Crippen LogP contribution in [-0.2, 0) is 14.8 Å². The van der Waals surface area contributed by atoms with Crippen LogP contribution in [0.15, 0.2) is 42.5 Å². The lowest BCUT2D eigenvalue weighted by atomic mass is 9.79. The number of carboxylic acid groups (broad SMARTS) is 1. The maximum Gasteiger partial charge on any atom is 0.411 e. The summed E-state index contributed by atoms with van der Waals surface area (Å²) in [7, 11) is -3.42. The van der Waals surface area contributed by atoms with Crippen molar-refractivity contribution in [2.45, 2.75) is 38.2 Å². The van der Waals surface area contributed by atoms with E-state index in [1.807, 2.05) is 0 Å². The fourth-order valence-electron chi connectivity index (χ4n) is 4.59. The second kappa shape index (κ2) is 8.53. The minimum Gasteiger partial charge on any atom is -0.465 e. The van der Waals surface area contributed by atoms with Gasteiger partial charge in [-0.25, -0.2) is 22.0 Å². The topological polar surface area (TPSA) is 107 Å². The third-order valence-electron chi connectivity index (χ3n) is 6.07. The molecule has 2 amide bonds. The lowest BCUT2D eigenvalue weighted by Gasteiger charge is -2.42. The zero-order chi connectivity index (χ0) is 24.8. The molecule has 0 bridgehead atoms. The van der Waals surface area contributed by atoms with Gasteiger partial charge in [0.25, 0.3) is 0 Å². The first-order chi connectivity index (χ1) is 15.8. The smallest absolute Gasteiger partial charge is 0.411 e. The number of nitrogens with zero attached hydrogens (tertiary/aromatic N) is 2. The molecule has 0 spiro atoms. The zero-order valence-corrected chi connectivity index (χ0v) is 19.5. The highest BCUT2D eigenvalue weighted by molar-refractivity contribution is 7.92. The summed E-state index contributed by atoms with van der Waals surface area (Å²) in [5.41, 5.74) is 2.53. The summed E-state index contributed by atoms with van der Waals surface area (Å²) in [5.74, 6) is -3.39. The first-order valence-electron chi connectivity index (χ1n) is 10.8. The Hall–Kier alpha value is -3.21. The number of hydrogen-bond acceptors (Lipinski definition) is 4. The molecule has 0 saturated heterocycles. The average Bonchev–Trinajstić information content (AvgIpc) is 2.70. The number of carbonyl (C=O) groups excluding carboxylic acids is 1. The zero-order valence-electron chi connectivity index (χ0n) is 18.7. The number of alkyl halides is 2. The van der Waals surface area contributed by atoms with Gasteiger partial charge < -0.3 is 10.0 Å². The Labute approximate surface area is 196 Å². The Kier molecular flexibility index (Phi) is 6.01. The van der Waals surface area contributed by atoms with Crippen molar-refractivity contribution in [1.82, 2.24) is 0 Å². The molecule has 8 nitrogen and oxygen atoms in total. The fraction of sp³-hybridized carbons (Fsp3) is 0.391. The molecule has 1 heterocycles. The van der Waals surface area contributed by atoms with Crippen LogP contribution >= 0.6 is 0 Å². The number of carbonyl (C=O) groups is 2. The van der Waals surface area contributed by atoms with E-state index in [1.54, 1.807) is 49.4 Å². The lowest BCUT2D eigenvalue weighted by Crippen LogP contribution is -2.52. The van der Waals surface area contributed by atoms with E-state index in [0.717, 1.165) is 11.8 Å². The molecular formula is C23H25F2N3O5S. The van der Waals surface area contributed by atoms with Crippen LogP contribution in [0.1, 0.15) is 26.2 Å². The van der Waals surface area contributed by atoms with Gasteiger partial charge in [-0.05, 0) is 48.2 Å². The number of rotatable bonds is 5. The van der Waals surface area contributed by atoms with Gasteiger partial charge in [0.05, 0.1) is 23.7 Å². The van der Waals surface area contributed by atoms with Crippen LogP contribution in [0, 0.1) is 5.92 Å². The highest BCUT2D eigenvalue weighted by atomic mass is 32.2. The molecule has 1 aliphatic heterocycles. The summed E-state index contributed by atoms with van der Waals surface area (Å²) in [6.07, 6.45) is -0.738. The van der Waals surface area contributed by atoms with Gasteiger partial charge in [0, 0.05) is 31.5 Å². The summed E-state index contributed by atoms with van der Waals surface area (Å²) < 4.78 is 51.6. The van der Waals surface area contributed by atoms with E-state index < -0.39 is 28.1 Å². The monoisotopic (exact) mass is 493 g/mol. The Balaban J connectivity index is 1.64. The van der Waals surface area contributed by atoms with Gasteiger partial charge in [0.2, 0.25) is 21.9 Å². The Bertz CT molecular complexity index is 1230. The van der Waals surface area contributed by atoms with E-state index in [9.17, 15) is 31.9 Å². The minimum absolute atomic E-state index is 0.0109. The van der Waals surface area contributed by atoms with Gasteiger partial charge in [0.1, 0.15) is 0 Å². The van der Waals surface area contributed by atoms with Crippen molar-refractivity contribution in [3.63, 3.8) is 0 Å². The molecule has 2 aromatic carbocycles. The number of halogens is 2. The molecule has 11 heteroatoms. The highest BCUT2D eigenvalue weighted by Gasteiger charge is 2.47. The Morgan fingerprint density at radius 2 is 1.71 bits per heavy atom. The fourth-order valence-corrected chi connectivity index (χ4v) is 5.15. The van der Waals surface area contributed by atoms with Crippen molar-refractivity contribution in [3.05, 3.63) is 42.5 Å². The number of fused-ring (bicyclic) bond motifs is 1. The predicted molar refractivity (Wildman–Crippen MR) is 125 cm³/mol. The number of anilines is 3. The third-order valence-corrected chi connectivity index (χ3v) is 6.68. The molecule has 2 aromatic rings. The molecule has 4 rings (SSSR count). The number of amides is 2. The number of sulfonamides is 1. The molecule has 1 fully saturated rings. The van der Waals surface area contributed by atoms with Crippen molar-refractivity contribution in [2.75, 3.05) is 27.3 Å². The molecule has 0 unspecified atom stereocenters. The van der Waals surface area contributed by atoms with Crippen molar-refractivity contribution < 1.29 is 31.9 Å². The molecule has 2 N–H and O–H groups in total. The van der Waals surface area contributed by atoms with E-state index in [-0.39, 0.29) is 37.6 Å². The molecule has 1 saturated carbocycles. The van der Waals surface area contributed by atoms with Crippen LogP contribution < -0.4 is 14.5 Å². The van der Waals surface area contributed by atoms with E-state index in [2.05, 4.69) is 4.72 Å². The molecule has 0 radical (unpaired) electrons. The first kappa shape index (κ1) is 23.9. The van der Waals surface area contributed by atoms with Gasteiger partial charge in [0.15, 0.2) is 0 Å². The van der Waals surface area contributed by atoms with Gasteiger partial charge in [-0.15, -0.1) is 0 Å². The first-order valence-corrected chi connectivity index (χ1v) is 12.6. The summed E-state index contributed by atoms with van der Waals surface area (Å²) in [6, 6.07) is 11.2. The molecule has 1 atom stereocenters. The summed E-state index contributed by atoms with van der Waals surface area (Å²) in [4.78, 5) is 27.6. The van der Waals surface area contributed by atoms with Gasteiger partial charge >= 0.3 is 6.09 Å². The molecular weight excluding hydrogens is 468 g/mol. The quantitative estimate of drug-likeness (QED) is 0.643. The second-order valence-corrected chi connectivity index (χ2v) is 10.7.